The number of ether oxygens (including phenoxy) is 2. The van der Waals surface area contributed by atoms with Crippen LogP contribution < -0.4 is 5.32 Å². The quantitative estimate of drug-likeness (QED) is 0.192. The number of H-pyrrole nitrogens is 1. The number of alkyl halides is 6. The topological polar surface area (TPSA) is 114 Å². The van der Waals surface area contributed by atoms with Gasteiger partial charge in [-0.15, -0.1) is 0 Å². The molecular formula is C32H32F6N4O5S. The van der Waals surface area contributed by atoms with Gasteiger partial charge in [0.1, 0.15) is 5.60 Å². The second-order valence-corrected chi connectivity index (χ2v) is 13.6. The van der Waals surface area contributed by atoms with Crippen molar-refractivity contribution in [2.45, 2.75) is 69.9 Å². The van der Waals surface area contributed by atoms with Crippen molar-refractivity contribution in [3.8, 4) is 0 Å². The number of carbonyl (C=O) groups excluding carboxylic acids is 3. The van der Waals surface area contributed by atoms with E-state index in [0.717, 1.165) is 11.0 Å². The molecule has 2 aromatic carbocycles. The van der Waals surface area contributed by atoms with Gasteiger partial charge in [-0.1, -0.05) is 12.1 Å². The van der Waals surface area contributed by atoms with Crippen LogP contribution in [0.3, 0.4) is 0 Å². The molecule has 0 saturated carbocycles. The number of nitrogens with zero attached hydrogens (tertiary/aromatic N) is 2. The molecule has 3 heterocycles. The van der Waals surface area contributed by atoms with Crippen molar-refractivity contribution in [2.75, 3.05) is 19.8 Å². The van der Waals surface area contributed by atoms with E-state index in [4.69, 9.17) is 9.47 Å². The number of carbonyl (C=O) groups is 3. The van der Waals surface area contributed by atoms with Crippen LogP contribution in [0.4, 0.5) is 35.9 Å². The fourth-order valence-electron chi connectivity index (χ4n) is 5.63. The Morgan fingerprint density at radius 1 is 1.04 bits per heavy atom. The van der Waals surface area contributed by atoms with Crippen molar-refractivity contribution in [3.63, 3.8) is 0 Å². The highest BCUT2D eigenvalue weighted by atomic mass is 32.2. The van der Waals surface area contributed by atoms with E-state index in [9.17, 15) is 40.7 Å². The normalized spacial score (nSPS) is 18.4. The number of hydrogen-bond acceptors (Lipinski definition) is 7. The molecule has 0 spiro atoms. The maximum Gasteiger partial charge on any atom is 0.416 e. The molecule has 1 aromatic heterocycles. The Labute approximate surface area is 275 Å². The van der Waals surface area contributed by atoms with Crippen LogP contribution in [0.15, 0.2) is 47.5 Å². The third-order valence-corrected chi connectivity index (χ3v) is 9.07. The van der Waals surface area contributed by atoms with E-state index in [1.807, 2.05) is 0 Å². The number of allylic oxidation sites excluding steroid dienone is 1. The van der Waals surface area contributed by atoms with E-state index in [1.54, 1.807) is 32.9 Å². The first-order valence-electron chi connectivity index (χ1n) is 14.9. The van der Waals surface area contributed by atoms with Crippen LogP contribution >= 0.6 is 11.8 Å². The smallest absolute Gasteiger partial charge is 0.416 e. The van der Waals surface area contributed by atoms with Crippen molar-refractivity contribution in [3.05, 3.63) is 69.8 Å². The van der Waals surface area contributed by atoms with Gasteiger partial charge in [-0.2, -0.15) is 31.4 Å². The minimum Gasteiger partial charge on any atom is -0.444 e. The predicted octanol–water partition coefficient (Wildman–Crippen LogP) is 7.71. The van der Waals surface area contributed by atoms with Crippen molar-refractivity contribution < 1.29 is 50.2 Å². The number of aromatic amines is 1. The SMILES string of the molecule is CC(C)(C)OC(=O)NC1(CCN2C(=O)SC(=C(Cc3ccc(C(F)(F)F)cc3C(F)(F)F)c3ccc4[nH]ncc4c3)C2=O)CCOCC1. The fraction of sp³-hybridized carbons (Fsp3) is 0.438. The lowest BCUT2D eigenvalue weighted by molar-refractivity contribution is -0.143. The number of halogens is 6. The first-order valence-corrected chi connectivity index (χ1v) is 15.7. The number of amides is 3. The highest BCUT2D eigenvalue weighted by Gasteiger charge is 2.43. The van der Waals surface area contributed by atoms with Crippen LogP contribution in [0.1, 0.15) is 62.3 Å². The molecule has 258 valence electrons. The van der Waals surface area contributed by atoms with Gasteiger partial charge in [0.15, 0.2) is 0 Å². The Balaban J connectivity index is 1.51. The van der Waals surface area contributed by atoms with Crippen LogP contribution in [0, 0.1) is 0 Å². The number of thioether (sulfide) groups is 1. The number of nitrogens with one attached hydrogen (secondary N) is 2. The van der Waals surface area contributed by atoms with Crippen molar-refractivity contribution in [2.24, 2.45) is 0 Å². The maximum absolute atomic E-state index is 14.1. The number of fused-ring (bicyclic) bond motifs is 1. The van der Waals surface area contributed by atoms with Gasteiger partial charge < -0.3 is 14.8 Å². The zero-order chi connectivity index (χ0) is 35.1. The molecule has 2 aliphatic heterocycles. The number of imide groups is 1. The van der Waals surface area contributed by atoms with Crippen LogP contribution in [-0.2, 0) is 33.0 Å². The summed E-state index contributed by atoms with van der Waals surface area (Å²) in [5.41, 5.74) is -4.21. The number of rotatable bonds is 7. The lowest BCUT2D eigenvalue weighted by Gasteiger charge is -2.39. The molecule has 3 aromatic rings. The van der Waals surface area contributed by atoms with E-state index in [1.165, 1.54) is 12.3 Å². The lowest BCUT2D eigenvalue weighted by Crippen LogP contribution is -2.54. The Bertz CT molecular complexity index is 1760. The molecule has 0 atom stereocenters. The predicted molar refractivity (Wildman–Crippen MR) is 165 cm³/mol. The van der Waals surface area contributed by atoms with E-state index < -0.39 is 63.8 Å². The molecular weight excluding hydrogens is 666 g/mol. The Hall–Kier alpha value is -4.05. The van der Waals surface area contributed by atoms with Crippen molar-refractivity contribution >= 4 is 45.5 Å². The van der Waals surface area contributed by atoms with E-state index >= 15 is 0 Å². The van der Waals surface area contributed by atoms with Gasteiger partial charge in [0.2, 0.25) is 0 Å². The lowest BCUT2D eigenvalue weighted by atomic mass is 9.86. The third kappa shape index (κ3) is 7.97. The molecule has 9 nitrogen and oxygen atoms in total. The second-order valence-electron chi connectivity index (χ2n) is 12.6. The van der Waals surface area contributed by atoms with Crippen LogP contribution in [0.2, 0.25) is 0 Å². The highest BCUT2D eigenvalue weighted by Crippen LogP contribution is 2.43. The summed E-state index contributed by atoms with van der Waals surface area (Å²) >= 11 is 0.535. The molecule has 48 heavy (non-hydrogen) atoms. The van der Waals surface area contributed by atoms with Crippen LogP contribution in [0.5, 0.6) is 0 Å². The van der Waals surface area contributed by atoms with Gasteiger partial charge in [-0.25, -0.2) is 4.79 Å². The molecule has 5 rings (SSSR count). The molecule has 0 aliphatic carbocycles. The fourth-order valence-corrected chi connectivity index (χ4v) is 6.60. The van der Waals surface area contributed by atoms with Crippen LogP contribution in [0.25, 0.3) is 16.5 Å². The molecule has 0 radical (unpaired) electrons. The largest absolute Gasteiger partial charge is 0.444 e. The minimum absolute atomic E-state index is 0.0295. The molecule has 2 N–H and O–H groups in total. The summed E-state index contributed by atoms with van der Waals surface area (Å²) in [4.78, 5) is 40.7. The number of hydrogen-bond donors (Lipinski definition) is 2. The van der Waals surface area contributed by atoms with Crippen molar-refractivity contribution in [1.82, 2.24) is 20.4 Å². The number of alkyl carbamates (subject to hydrolysis) is 1. The molecule has 2 fully saturated rings. The van der Waals surface area contributed by atoms with Gasteiger partial charge in [-0.05, 0) is 99.2 Å². The van der Waals surface area contributed by atoms with Crippen molar-refractivity contribution in [1.29, 1.82) is 0 Å². The average Bonchev–Trinajstić information content (AvgIpc) is 3.56. The summed E-state index contributed by atoms with van der Waals surface area (Å²) in [5.74, 6) is -0.771. The van der Waals surface area contributed by atoms with Gasteiger partial charge in [-0.3, -0.25) is 19.6 Å². The average molecular weight is 699 g/mol. The summed E-state index contributed by atoms with van der Waals surface area (Å²) in [6.07, 6.45) is -9.07. The summed E-state index contributed by atoms with van der Waals surface area (Å²) < 4.78 is 93.4. The van der Waals surface area contributed by atoms with Gasteiger partial charge >= 0.3 is 18.4 Å². The first-order chi connectivity index (χ1) is 22.4. The Morgan fingerprint density at radius 3 is 2.40 bits per heavy atom. The zero-order valence-corrected chi connectivity index (χ0v) is 26.9. The van der Waals surface area contributed by atoms with Gasteiger partial charge in [0.25, 0.3) is 11.1 Å². The van der Waals surface area contributed by atoms with Gasteiger partial charge in [0.05, 0.1) is 27.7 Å². The van der Waals surface area contributed by atoms with E-state index in [2.05, 4.69) is 15.5 Å². The zero-order valence-electron chi connectivity index (χ0n) is 26.1. The third-order valence-electron chi connectivity index (χ3n) is 8.05. The van der Waals surface area contributed by atoms with Gasteiger partial charge in [0, 0.05) is 30.7 Å². The standard InChI is InChI=1S/C32H32F6N4O5S/c1-29(2,3)47-27(44)40-30(9-12-46-13-10-30)8-11-42-26(43)25(48-28(42)45)22(18-5-7-24-20(14-18)17-39-41-24)15-19-4-6-21(31(33,34)35)16-23(19)32(36,37)38/h4-7,14,16-17H,8-13,15H2,1-3H3,(H,39,41)(H,40,44). The Morgan fingerprint density at radius 2 is 1.75 bits per heavy atom. The monoisotopic (exact) mass is 698 g/mol. The summed E-state index contributed by atoms with van der Waals surface area (Å²) in [6, 6.07) is 6.03. The molecule has 0 unspecified atom stereocenters. The molecule has 2 saturated heterocycles. The maximum atomic E-state index is 14.1. The van der Waals surface area contributed by atoms with Crippen LogP contribution in [-0.4, -0.2) is 63.2 Å². The second kappa shape index (κ2) is 13.1. The van der Waals surface area contributed by atoms with E-state index in [0.29, 0.717) is 54.8 Å². The first kappa shape index (κ1) is 35.3. The molecule has 16 heteroatoms. The summed E-state index contributed by atoms with van der Waals surface area (Å²) in [6.45, 7) is 5.62. The highest BCUT2D eigenvalue weighted by molar-refractivity contribution is 8.18. The Kier molecular flexibility index (Phi) is 9.63. The molecule has 3 amide bonds. The summed E-state index contributed by atoms with van der Waals surface area (Å²) in [5, 5.41) is 9.45. The minimum atomic E-state index is -5.14. The molecule has 2 aliphatic rings. The number of benzene rings is 2. The molecule has 0 bridgehead atoms. The summed E-state index contributed by atoms with van der Waals surface area (Å²) in [7, 11) is 0. The van der Waals surface area contributed by atoms with E-state index in [-0.39, 0.29) is 35.1 Å². The number of aromatic nitrogens is 2.